The van der Waals surface area contributed by atoms with Gasteiger partial charge in [0.15, 0.2) is 0 Å². The first kappa shape index (κ1) is 9.44. The Morgan fingerprint density at radius 1 is 1.54 bits per heavy atom. The maximum Gasteiger partial charge on any atom is 0.340 e. The SMILES string of the molecule is CC1(C)C(=O)N=CC(C(=O)O)=C1O. The van der Waals surface area contributed by atoms with E-state index in [1.165, 1.54) is 13.8 Å². The van der Waals surface area contributed by atoms with E-state index in [0.29, 0.717) is 0 Å². The van der Waals surface area contributed by atoms with Crippen molar-refractivity contribution in [1.82, 2.24) is 0 Å². The Labute approximate surface area is 74.4 Å². The quantitative estimate of drug-likeness (QED) is 0.620. The molecule has 0 radical (unpaired) electrons. The maximum absolute atomic E-state index is 11.1. The summed E-state index contributed by atoms with van der Waals surface area (Å²) < 4.78 is 0. The number of aliphatic hydroxyl groups is 1. The Balaban J connectivity index is 3.27. The fraction of sp³-hybridized carbons (Fsp3) is 0.375. The molecule has 0 saturated carbocycles. The molecule has 0 saturated heterocycles. The van der Waals surface area contributed by atoms with Crippen LogP contribution in [0.15, 0.2) is 16.3 Å². The number of dihydropyridines is 1. The molecule has 0 aromatic carbocycles. The number of nitrogens with zero attached hydrogens (tertiary/aromatic N) is 1. The number of hydrogen-bond donors (Lipinski definition) is 2. The average molecular weight is 183 g/mol. The first-order valence-electron chi connectivity index (χ1n) is 3.63. The summed E-state index contributed by atoms with van der Waals surface area (Å²) in [5.41, 5.74) is -1.56. The van der Waals surface area contributed by atoms with E-state index in [1.807, 2.05) is 0 Å². The van der Waals surface area contributed by atoms with Gasteiger partial charge < -0.3 is 10.2 Å². The highest BCUT2D eigenvalue weighted by molar-refractivity contribution is 6.14. The molecule has 0 unspecified atom stereocenters. The summed E-state index contributed by atoms with van der Waals surface area (Å²) >= 11 is 0. The zero-order valence-electron chi connectivity index (χ0n) is 7.24. The van der Waals surface area contributed by atoms with Gasteiger partial charge in [0, 0.05) is 6.21 Å². The molecule has 5 heteroatoms. The largest absolute Gasteiger partial charge is 0.510 e. The van der Waals surface area contributed by atoms with Crippen LogP contribution in [-0.2, 0) is 9.59 Å². The lowest BCUT2D eigenvalue weighted by molar-refractivity contribution is -0.132. The average Bonchev–Trinajstić information content (AvgIpc) is 2.01. The molecule has 1 rings (SSSR count). The number of carbonyl (C=O) groups excluding carboxylic acids is 1. The number of rotatable bonds is 1. The van der Waals surface area contributed by atoms with Crippen molar-refractivity contribution in [1.29, 1.82) is 0 Å². The van der Waals surface area contributed by atoms with Gasteiger partial charge in [-0.05, 0) is 13.8 Å². The van der Waals surface area contributed by atoms with Gasteiger partial charge in [0.05, 0.1) is 0 Å². The molecule has 2 N–H and O–H groups in total. The zero-order chi connectivity index (χ0) is 10.2. The second kappa shape index (κ2) is 2.69. The van der Waals surface area contributed by atoms with Crippen molar-refractivity contribution in [2.24, 2.45) is 10.4 Å². The van der Waals surface area contributed by atoms with Crippen LogP contribution >= 0.6 is 0 Å². The summed E-state index contributed by atoms with van der Waals surface area (Å²) in [5, 5.41) is 18.0. The molecular formula is C8H9NO4. The van der Waals surface area contributed by atoms with Crippen LogP contribution in [-0.4, -0.2) is 28.3 Å². The fourth-order valence-electron chi connectivity index (χ4n) is 0.940. The number of hydrogen-bond acceptors (Lipinski definition) is 3. The Bertz CT molecular complexity index is 338. The third kappa shape index (κ3) is 1.32. The number of carboxylic acid groups (broad SMARTS) is 1. The Morgan fingerprint density at radius 2 is 2.08 bits per heavy atom. The van der Waals surface area contributed by atoms with Gasteiger partial charge in [-0.2, -0.15) is 0 Å². The molecule has 0 bridgehead atoms. The fourth-order valence-corrected chi connectivity index (χ4v) is 0.940. The Morgan fingerprint density at radius 3 is 2.54 bits per heavy atom. The molecule has 0 aromatic heterocycles. The van der Waals surface area contributed by atoms with Crippen LogP contribution in [0.4, 0.5) is 0 Å². The Kier molecular flexibility index (Phi) is 1.95. The summed E-state index contributed by atoms with van der Waals surface area (Å²) in [6.07, 6.45) is 0.866. The highest BCUT2D eigenvalue weighted by Crippen LogP contribution is 2.30. The van der Waals surface area contributed by atoms with E-state index in [2.05, 4.69) is 4.99 Å². The van der Waals surface area contributed by atoms with Crippen molar-refractivity contribution >= 4 is 18.1 Å². The van der Waals surface area contributed by atoms with Crippen LogP contribution in [0.5, 0.6) is 0 Å². The number of aliphatic hydroxyl groups excluding tert-OH is 1. The molecule has 1 heterocycles. The number of carboxylic acids is 1. The molecular weight excluding hydrogens is 174 g/mol. The van der Waals surface area contributed by atoms with E-state index in [9.17, 15) is 14.7 Å². The van der Waals surface area contributed by atoms with Crippen molar-refractivity contribution in [3.63, 3.8) is 0 Å². The van der Waals surface area contributed by atoms with E-state index in [-0.39, 0.29) is 5.57 Å². The van der Waals surface area contributed by atoms with Crippen LogP contribution in [0.3, 0.4) is 0 Å². The van der Waals surface area contributed by atoms with E-state index >= 15 is 0 Å². The minimum absolute atomic E-state index is 0.329. The molecule has 1 aliphatic heterocycles. The summed E-state index contributed by atoms with van der Waals surface area (Å²) in [4.78, 5) is 25.0. The first-order valence-corrected chi connectivity index (χ1v) is 3.63. The normalized spacial score (nSPS) is 20.6. The maximum atomic E-state index is 11.1. The lowest BCUT2D eigenvalue weighted by Crippen LogP contribution is -2.31. The van der Waals surface area contributed by atoms with Crippen molar-refractivity contribution in [3.8, 4) is 0 Å². The van der Waals surface area contributed by atoms with Gasteiger partial charge in [-0.25, -0.2) is 9.79 Å². The number of amides is 1. The van der Waals surface area contributed by atoms with Crippen molar-refractivity contribution in [2.75, 3.05) is 0 Å². The van der Waals surface area contributed by atoms with Gasteiger partial charge in [-0.15, -0.1) is 0 Å². The lowest BCUT2D eigenvalue weighted by atomic mass is 9.85. The minimum atomic E-state index is -1.29. The third-order valence-corrected chi connectivity index (χ3v) is 1.92. The van der Waals surface area contributed by atoms with Crippen LogP contribution < -0.4 is 0 Å². The smallest absolute Gasteiger partial charge is 0.340 e. The number of carbonyl (C=O) groups is 2. The molecule has 1 amide bonds. The van der Waals surface area contributed by atoms with Gasteiger partial charge in [0.25, 0.3) is 5.91 Å². The van der Waals surface area contributed by atoms with Gasteiger partial charge in [-0.3, -0.25) is 4.79 Å². The summed E-state index contributed by atoms with van der Waals surface area (Å²) in [6, 6.07) is 0. The molecule has 13 heavy (non-hydrogen) atoms. The summed E-state index contributed by atoms with van der Waals surface area (Å²) in [6.45, 7) is 2.84. The molecule has 0 fully saturated rings. The van der Waals surface area contributed by atoms with Gasteiger partial charge in [-0.1, -0.05) is 0 Å². The second-order valence-electron chi connectivity index (χ2n) is 3.26. The topological polar surface area (TPSA) is 87.0 Å². The lowest BCUT2D eigenvalue weighted by Gasteiger charge is -2.23. The molecule has 0 aromatic rings. The van der Waals surface area contributed by atoms with Gasteiger partial charge >= 0.3 is 5.97 Å². The van der Waals surface area contributed by atoms with Crippen LogP contribution in [0.1, 0.15) is 13.8 Å². The molecule has 0 spiro atoms. The predicted octanol–water partition coefficient (Wildman–Crippen LogP) is 0.520. The summed E-state index contributed by atoms with van der Waals surface area (Å²) in [7, 11) is 0. The first-order chi connectivity index (χ1) is 5.87. The molecule has 1 aliphatic rings. The van der Waals surface area contributed by atoms with Gasteiger partial charge in [0.2, 0.25) is 0 Å². The van der Waals surface area contributed by atoms with E-state index in [4.69, 9.17) is 5.11 Å². The third-order valence-electron chi connectivity index (χ3n) is 1.92. The minimum Gasteiger partial charge on any atom is -0.510 e. The van der Waals surface area contributed by atoms with Gasteiger partial charge in [0.1, 0.15) is 16.7 Å². The van der Waals surface area contributed by atoms with Crippen molar-refractivity contribution < 1.29 is 19.8 Å². The second-order valence-corrected chi connectivity index (χ2v) is 3.26. The number of aliphatic imine (C=N–C) groups is 1. The monoisotopic (exact) mass is 183 g/mol. The van der Waals surface area contributed by atoms with Crippen LogP contribution in [0.25, 0.3) is 0 Å². The van der Waals surface area contributed by atoms with Crippen LogP contribution in [0, 0.1) is 5.41 Å². The Hall–Kier alpha value is -1.65. The standard InChI is InChI=1S/C8H9NO4/c1-8(2)5(10)4(6(11)12)3-9-7(8)13/h3,10H,1-2H3,(H,11,12). The molecule has 0 aliphatic carbocycles. The van der Waals surface area contributed by atoms with Crippen molar-refractivity contribution in [3.05, 3.63) is 11.3 Å². The van der Waals surface area contributed by atoms with E-state index in [0.717, 1.165) is 6.21 Å². The summed E-state index contributed by atoms with van der Waals surface area (Å²) in [5.74, 6) is -2.28. The molecule has 70 valence electrons. The zero-order valence-corrected chi connectivity index (χ0v) is 7.24. The van der Waals surface area contributed by atoms with E-state index in [1.54, 1.807) is 0 Å². The molecule has 0 atom stereocenters. The van der Waals surface area contributed by atoms with Crippen LogP contribution in [0.2, 0.25) is 0 Å². The number of aliphatic carboxylic acids is 1. The highest BCUT2D eigenvalue weighted by Gasteiger charge is 2.38. The molecule has 5 nitrogen and oxygen atoms in total. The van der Waals surface area contributed by atoms with Crippen molar-refractivity contribution in [2.45, 2.75) is 13.8 Å². The highest BCUT2D eigenvalue weighted by atomic mass is 16.4. The van der Waals surface area contributed by atoms with E-state index < -0.39 is 23.1 Å². The predicted molar refractivity (Wildman–Crippen MR) is 44.6 cm³/mol.